The van der Waals surface area contributed by atoms with Crippen molar-refractivity contribution in [2.45, 2.75) is 32.9 Å². The number of pyridine rings is 1. The van der Waals surface area contributed by atoms with Crippen molar-refractivity contribution < 1.29 is 14.4 Å². The van der Waals surface area contributed by atoms with Gasteiger partial charge in [0.1, 0.15) is 11.4 Å². The highest BCUT2D eigenvalue weighted by Crippen LogP contribution is 2.34. The Morgan fingerprint density at radius 3 is 2.90 bits per heavy atom. The molecule has 0 unspecified atom stereocenters. The number of benzene rings is 1. The van der Waals surface area contributed by atoms with Crippen LogP contribution in [0.15, 0.2) is 24.4 Å². The third-order valence-electron chi connectivity index (χ3n) is 3.10. The second-order valence-corrected chi connectivity index (χ2v) is 5.99. The molecule has 2 heterocycles. The predicted octanol–water partition coefficient (Wildman–Crippen LogP) is 2.86. The van der Waals surface area contributed by atoms with Crippen molar-refractivity contribution in [3.05, 3.63) is 30.0 Å². The smallest absolute Gasteiger partial charge is 0.442 e. The Morgan fingerprint density at radius 2 is 2.19 bits per heavy atom. The van der Waals surface area contributed by atoms with E-state index in [0.717, 1.165) is 16.3 Å². The molecule has 1 aromatic carbocycles. The summed E-state index contributed by atoms with van der Waals surface area (Å²) in [6, 6.07) is 5.63. The van der Waals surface area contributed by atoms with E-state index in [1.54, 1.807) is 12.3 Å². The minimum absolute atomic E-state index is 0.350. The molecule has 0 bridgehead atoms. The Kier molecular flexibility index (Phi) is 2.90. The molecule has 0 atom stereocenters. The molecule has 0 saturated heterocycles. The fourth-order valence-corrected chi connectivity index (χ4v) is 2.20. The Hall–Kier alpha value is -2.50. The van der Waals surface area contributed by atoms with Gasteiger partial charge in [-0.1, -0.05) is 0 Å². The van der Waals surface area contributed by atoms with E-state index in [2.05, 4.69) is 4.98 Å². The van der Waals surface area contributed by atoms with Crippen molar-refractivity contribution in [1.82, 2.24) is 10.0 Å². The van der Waals surface area contributed by atoms with Crippen LogP contribution in [-0.4, -0.2) is 21.7 Å². The molecule has 1 amide bonds. The fourth-order valence-electron chi connectivity index (χ4n) is 2.20. The molecular weight excluding hydrogens is 270 g/mol. The lowest BCUT2D eigenvalue weighted by Gasteiger charge is -2.23. The second kappa shape index (κ2) is 4.51. The molecule has 0 aliphatic carbocycles. The number of carbonyl (C=O) groups excluding carboxylic acids is 1. The van der Waals surface area contributed by atoms with E-state index in [-0.39, 0.29) is 0 Å². The number of rotatable bonds is 0. The van der Waals surface area contributed by atoms with Gasteiger partial charge < -0.3 is 15.3 Å². The van der Waals surface area contributed by atoms with Crippen molar-refractivity contribution in [2.24, 2.45) is 0 Å². The van der Waals surface area contributed by atoms with Crippen molar-refractivity contribution >= 4 is 22.7 Å². The molecule has 6 heteroatoms. The third-order valence-corrected chi connectivity index (χ3v) is 3.10. The van der Waals surface area contributed by atoms with Gasteiger partial charge in [0.25, 0.3) is 0 Å². The van der Waals surface area contributed by atoms with Crippen LogP contribution < -0.4 is 10.6 Å². The van der Waals surface area contributed by atoms with Gasteiger partial charge in [-0.2, -0.15) is 0 Å². The highest BCUT2D eigenvalue weighted by atomic mass is 16.7. The molecule has 2 N–H and O–H groups in total. The van der Waals surface area contributed by atoms with Gasteiger partial charge in [-0.05, 0) is 44.4 Å². The highest BCUT2D eigenvalue weighted by Gasteiger charge is 2.30. The van der Waals surface area contributed by atoms with Crippen LogP contribution >= 0.6 is 0 Å². The van der Waals surface area contributed by atoms with Gasteiger partial charge in [0.05, 0.1) is 6.54 Å². The highest BCUT2D eigenvalue weighted by molar-refractivity contribution is 5.92. The van der Waals surface area contributed by atoms with Crippen molar-refractivity contribution in [2.75, 3.05) is 5.73 Å². The SMILES string of the molecule is CC(C)(C)OC(=O)N1Cc2cc3ccnc(N)c3cc2O1. The number of fused-ring (bicyclic) bond motifs is 2. The number of hydrogen-bond donors (Lipinski definition) is 1. The van der Waals surface area contributed by atoms with Crippen LogP contribution in [0.4, 0.5) is 10.6 Å². The van der Waals surface area contributed by atoms with Crippen LogP contribution in [0.1, 0.15) is 26.3 Å². The van der Waals surface area contributed by atoms with Crippen molar-refractivity contribution in [3.63, 3.8) is 0 Å². The first kappa shape index (κ1) is 13.5. The zero-order valence-corrected chi connectivity index (χ0v) is 12.2. The van der Waals surface area contributed by atoms with E-state index in [4.69, 9.17) is 15.3 Å². The second-order valence-electron chi connectivity index (χ2n) is 5.99. The Morgan fingerprint density at radius 1 is 1.43 bits per heavy atom. The lowest BCUT2D eigenvalue weighted by atomic mass is 10.1. The number of anilines is 1. The summed E-state index contributed by atoms with van der Waals surface area (Å²) in [6.07, 6.45) is 1.15. The number of aromatic nitrogens is 1. The first-order chi connectivity index (χ1) is 9.83. The molecule has 1 aromatic heterocycles. The average Bonchev–Trinajstić information content (AvgIpc) is 2.78. The minimum atomic E-state index is -0.561. The summed E-state index contributed by atoms with van der Waals surface area (Å²) in [5.74, 6) is 1.04. The van der Waals surface area contributed by atoms with Crippen LogP contribution in [0.3, 0.4) is 0 Å². The van der Waals surface area contributed by atoms with E-state index < -0.39 is 11.7 Å². The number of amides is 1. The van der Waals surface area contributed by atoms with E-state index in [1.807, 2.05) is 32.9 Å². The van der Waals surface area contributed by atoms with E-state index in [9.17, 15) is 4.79 Å². The molecule has 2 aromatic rings. The molecule has 6 nitrogen and oxygen atoms in total. The van der Waals surface area contributed by atoms with Gasteiger partial charge in [-0.25, -0.2) is 9.78 Å². The van der Waals surface area contributed by atoms with Gasteiger partial charge in [-0.3, -0.25) is 0 Å². The van der Waals surface area contributed by atoms with E-state index >= 15 is 0 Å². The van der Waals surface area contributed by atoms with Crippen LogP contribution in [0.2, 0.25) is 0 Å². The Balaban J connectivity index is 1.89. The Bertz CT molecular complexity index is 722. The summed E-state index contributed by atoms with van der Waals surface area (Å²) in [6.45, 7) is 5.79. The Labute approximate surface area is 122 Å². The maximum absolute atomic E-state index is 12.0. The van der Waals surface area contributed by atoms with Gasteiger partial charge in [0.15, 0.2) is 5.75 Å². The summed E-state index contributed by atoms with van der Waals surface area (Å²) in [5, 5.41) is 2.98. The lowest BCUT2D eigenvalue weighted by Crippen LogP contribution is -2.35. The summed E-state index contributed by atoms with van der Waals surface area (Å²) >= 11 is 0. The molecule has 1 aliphatic rings. The maximum Gasteiger partial charge on any atom is 0.444 e. The molecule has 0 radical (unpaired) electrons. The quantitative estimate of drug-likeness (QED) is 0.806. The lowest BCUT2D eigenvalue weighted by molar-refractivity contribution is -0.0630. The predicted molar refractivity (Wildman–Crippen MR) is 78.6 cm³/mol. The summed E-state index contributed by atoms with van der Waals surface area (Å²) < 4.78 is 5.30. The van der Waals surface area contributed by atoms with Gasteiger partial charge >= 0.3 is 6.09 Å². The topological polar surface area (TPSA) is 77.7 Å². The van der Waals surface area contributed by atoms with Gasteiger partial charge in [-0.15, -0.1) is 5.06 Å². The van der Waals surface area contributed by atoms with E-state index in [0.29, 0.717) is 18.1 Å². The summed E-state index contributed by atoms with van der Waals surface area (Å²) in [7, 11) is 0. The average molecular weight is 287 g/mol. The number of carbonyl (C=O) groups is 1. The van der Waals surface area contributed by atoms with Crippen LogP contribution in [-0.2, 0) is 11.3 Å². The fraction of sp³-hybridized carbons (Fsp3) is 0.333. The number of ether oxygens (including phenoxy) is 1. The number of nitrogen functional groups attached to an aromatic ring is 1. The first-order valence-electron chi connectivity index (χ1n) is 6.69. The summed E-state index contributed by atoms with van der Waals surface area (Å²) in [5.41, 5.74) is 6.21. The maximum atomic E-state index is 12.0. The van der Waals surface area contributed by atoms with Gasteiger partial charge in [0.2, 0.25) is 0 Å². The minimum Gasteiger partial charge on any atom is -0.442 e. The van der Waals surface area contributed by atoms with Crippen LogP contribution in [0.5, 0.6) is 5.75 Å². The first-order valence-corrected chi connectivity index (χ1v) is 6.69. The normalized spacial score (nSPS) is 14.0. The van der Waals surface area contributed by atoms with Crippen molar-refractivity contribution in [1.29, 1.82) is 0 Å². The molecule has 0 saturated carbocycles. The third kappa shape index (κ3) is 2.56. The standard InChI is InChI=1S/C15H17N3O3/c1-15(2,3)20-14(19)18-8-10-6-9-4-5-17-13(16)11(9)7-12(10)21-18/h4-7H,8H2,1-3H3,(H2,16,17). The van der Waals surface area contributed by atoms with Crippen LogP contribution in [0, 0.1) is 0 Å². The van der Waals surface area contributed by atoms with Gasteiger partial charge in [0, 0.05) is 17.1 Å². The summed E-state index contributed by atoms with van der Waals surface area (Å²) in [4.78, 5) is 21.6. The monoisotopic (exact) mass is 287 g/mol. The zero-order chi connectivity index (χ0) is 15.2. The van der Waals surface area contributed by atoms with Crippen molar-refractivity contribution in [3.8, 4) is 5.75 Å². The number of hydroxylamine groups is 2. The van der Waals surface area contributed by atoms with Crippen LogP contribution in [0.25, 0.3) is 10.8 Å². The molecule has 21 heavy (non-hydrogen) atoms. The zero-order valence-electron chi connectivity index (χ0n) is 12.2. The van der Waals surface area contributed by atoms with E-state index in [1.165, 1.54) is 5.06 Å². The number of hydrogen-bond acceptors (Lipinski definition) is 5. The molecule has 1 aliphatic heterocycles. The molecule has 0 spiro atoms. The molecule has 0 fully saturated rings. The molecular formula is C15H17N3O3. The number of nitrogens with two attached hydrogens (primary N) is 1. The molecule has 3 rings (SSSR count). The molecule has 110 valence electrons. The number of nitrogens with zero attached hydrogens (tertiary/aromatic N) is 2. The largest absolute Gasteiger partial charge is 0.444 e.